The van der Waals surface area contributed by atoms with Crippen LogP contribution in [0.15, 0.2) is 42.0 Å². The van der Waals surface area contributed by atoms with E-state index in [1.807, 2.05) is 0 Å². The Morgan fingerprint density at radius 1 is 1.31 bits per heavy atom. The summed E-state index contributed by atoms with van der Waals surface area (Å²) in [5.41, 5.74) is -1.35. The number of hydrogen-bond acceptors (Lipinski definition) is 7. The van der Waals surface area contributed by atoms with Gasteiger partial charge in [-0.25, -0.2) is 9.29 Å². The number of halogens is 1. The largest absolute Gasteiger partial charge is 0.504 e. The molecule has 0 radical (unpaired) electrons. The summed E-state index contributed by atoms with van der Waals surface area (Å²) in [6.45, 7) is 0. The van der Waals surface area contributed by atoms with E-state index < -0.39 is 39.6 Å². The van der Waals surface area contributed by atoms with E-state index in [-0.39, 0.29) is 22.1 Å². The second-order valence-electron chi connectivity index (χ2n) is 5.75. The molecule has 1 aliphatic rings. The number of nitro groups is 1. The molecule has 11 heteroatoms. The average molecular weight is 417 g/mol. The summed E-state index contributed by atoms with van der Waals surface area (Å²) < 4.78 is 19.1. The van der Waals surface area contributed by atoms with Gasteiger partial charge in [-0.15, -0.1) is 0 Å². The number of nitro benzene ring substituents is 1. The molecule has 2 amide bonds. The topological polar surface area (TPSA) is 122 Å². The SMILES string of the molecule is COc1cc([N+](=O)[O-])cc(/C=C2\C(=O)NC(=S)N(c3ccccc3F)C2=O)c1O. The van der Waals surface area contributed by atoms with E-state index in [1.165, 1.54) is 25.3 Å². The third kappa shape index (κ3) is 3.62. The number of hydrogen-bond donors (Lipinski definition) is 2. The molecule has 29 heavy (non-hydrogen) atoms. The van der Waals surface area contributed by atoms with Gasteiger partial charge in [-0.3, -0.25) is 25.0 Å². The fourth-order valence-electron chi connectivity index (χ4n) is 2.65. The van der Waals surface area contributed by atoms with Crippen molar-refractivity contribution in [3.8, 4) is 11.5 Å². The highest BCUT2D eigenvalue weighted by molar-refractivity contribution is 7.80. The Morgan fingerprint density at radius 3 is 2.62 bits per heavy atom. The van der Waals surface area contributed by atoms with Crippen molar-refractivity contribution < 1.29 is 28.7 Å². The number of nitrogens with zero attached hydrogens (tertiary/aromatic N) is 2. The zero-order valence-electron chi connectivity index (χ0n) is 14.7. The van der Waals surface area contributed by atoms with Crippen LogP contribution in [0.5, 0.6) is 11.5 Å². The number of nitrogens with one attached hydrogen (secondary N) is 1. The van der Waals surface area contributed by atoms with Gasteiger partial charge in [-0.1, -0.05) is 12.1 Å². The van der Waals surface area contributed by atoms with Gasteiger partial charge in [0, 0.05) is 11.6 Å². The van der Waals surface area contributed by atoms with E-state index in [0.717, 1.165) is 29.2 Å². The first-order valence-electron chi connectivity index (χ1n) is 7.96. The molecule has 1 saturated heterocycles. The lowest BCUT2D eigenvalue weighted by Gasteiger charge is -2.29. The number of non-ortho nitro benzene ring substituents is 1. The first-order valence-corrected chi connectivity index (χ1v) is 8.36. The number of methoxy groups -OCH3 is 1. The lowest BCUT2D eigenvalue weighted by Crippen LogP contribution is -2.54. The Hall–Kier alpha value is -3.86. The normalized spacial score (nSPS) is 15.4. The molecule has 3 rings (SSSR count). The molecule has 0 atom stereocenters. The maximum atomic E-state index is 14.2. The van der Waals surface area contributed by atoms with E-state index >= 15 is 0 Å². The number of phenolic OH excluding ortho intramolecular Hbond substituents is 1. The second kappa shape index (κ2) is 7.64. The number of aromatic hydroxyl groups is 1. The number of anilines is 1. The van der Waals surface area contributed by atoms with Gasteiger partial charge in [0.15, 0.2) is 16.6 Å². The van der Waals surface area contributed by atoms with Crippen molar-refractivity contribution in [3.05, 3.63) is 63.5 Å². The van der Waals surface area contributed by atoms with Gasteiger partial charge in [0.2, 0.25) is 0 Å². The van der Waals surface area contributed by atoms with Crippen LogP contribution in [0.1, 0.15) is 5.56 Å². The smallest absolute Gasteiger partial charge is 0.274 e. The molecule has 148 valence electrons. The number of amides is 2. The van der Waals surface area contributed by atoms with Gasteiger partial charge in [-0.2, -0.15) is 0 Å². The van der Waals surface area contributed by atoms with Crippen LogP contribution in [-0.2, 0) is 9.59 Å². The molecule has 0 aliphatic carbocycles. The molecule has 0 spiro atoms. The van der Waals surface area contributed by atoms with Gasteiger partial charge >= 0.3 is 0 Å². The van der Waals surface area contributed by atoms with Crippen LogP contribution in [0, 0.1) is 15.9 Å². The van der Waals surface area contributed by atoms with E-state index in [2.05, 4.69) is 5.32 Å². The van der Waals surface area contributed by atoms with Gasteiger partial charge < -0.3 is 9.84 Å². The fourth-order valence-corrected chi connectivity index (χ4v) is 2.92. The molecule has 1 heterocycles. The molecule has 2 aromatic carbocycles. The highest BCUT2D eigenvalue weighted by Crippen LogP contribution is 2.36. The Balaban J connectivity index is 2.14. The molecule has 0 aromatic heterocycles. The third-order valence-electron chi connectivity index (χ3n) is 4.01. The van der Waals surface area contributed by atoms with Crippen LogP contribution >= 0.6 is 12.2 Å². The summed E-state index contributed by atoms with van der Waals surface area (Å²) in [6, 6.07) is 7.25. The number of phenols is 1. The van der Waals surface area contributed by atoms with E-state index in [0.29, 0.717) is 0 Å². The van der Waals surface area contributed by atoms with Crippen molar-refractivity contribution in [2.75, 3.05) is 12.0 Å². The highest BCUT2D eigenvalue weighted by atomic mass is 32.1. The van der Waals surface area contributed by atoms with Crippen molar-refractivity contribution in [2.45, 2.75) is 0 Å². The van der Waals surface area contributed by atoms with Crippen LogP contribution in [0.25, 0.3) is 6.08 Å². The minimum Gasteiger partial charge on any atom is -0.504 e. The average Bonchev–Trinajstić information content (AvgIpc) is 2.67. The Labute approximate surface area is 168 Å². The van der Waals surface area contributed by atoms with E-state index in [9.17, 15) is 29.2 Å². The van der Waals surface area contributed by atoms with Crippen LogP contribution < -0.4 is 15.0 Å². The highest BCUT2D eigenvalue weighted by Gasteiger charge is 2.36. The van der Waals surface area contributed by atoms with Crippen molar-refractivity contribution in [1.82, 2.24) is 5.32 Å². The van der Waals surface area contributed by atoms with Crippen molar-refractivity contribution in [1.29, 1.82) is 0 Å². The number of thiocarbonyl (C=S) groups is 1. The summed E-state index contributed by atoms with van der Waals surface area (Å²) in [7, 11) is 1.19. The number of carbonyl (C=O) groups is 2. The predicted octanol–water partition coefficient (Wildman–Crippen LogP) is 2.28. The van der Waals surface area contributed by atoms with Crippen molar-refractivity contribution in [3.63, 3.8) is 0 Å². The quantitative estimate of drug-likeness (QED) is 0.257. The maximum absolute atomic E-state index is 14.2. The second-order valence-corrected chi connectivity index (χ2v) is 6.14. The summed E-state index contributed by atoms with van der Waals surface area (Å²) in [5, 5.41) is 23.3. The van der Waals surface area contributed by atoms with Gasteiger partial charge in [-0.05, 0) is 30.4 Å². The first-order chi connectivity index (χ1) is 13.7. The first kappa shape index (κ1) is 19.9. The number of ether oxygens (including phenoxy) is 1. The molecule has 2 N–H and O–H groups in total. The zero-order chi connectivity index (χ0) is 21.3. The Kier molecular flexibility index (Phi) is 5.24. The molecule has 1 aliphatic heterocycles. The molecule has 0 unspecified atom stereocenters. The van der Waals surface area contributed by atoms with Gasteiger partial charge in [0.05, 0.1) is 23.8 Å². The molecule has 0 bridgehead atoms. The van der Waals surface area contributed by atoms with E-state index in [4.69, 9.17) is 17.0 Å². The molecule has 9 nitrogen and oxygen atoms in total. The maximum Gasteiger partial charge on any atom is 0.274 e. The summed E-state index contributed by atoms with van der Waals surface area (Å²) in [6.07, 6.45) is 0.943. The summed E-state index contributed by atoms with van der Waals surface area (Å²) in [4.78, 5) is 36.4. The van der Waals surface area contributed by atoms with Crippen LogP contribution in [-0.4, -0.2) is 34.1 Å². The molecule has 2 aromatic rings. The van der Waals surface area contributed by atoms with Crippen molar-refractivity contribution >= 4 is 46.6 Å². The lowest BCUT2D eigenvalue weighted by molar-refractivity contribution is -0.385. The minimum atomic E-state index is -0.964. The predicted molar refractivity (Wildman–Crippen MR) is 104 cm³/mol. The van der Waals surface area contributed by atoms with Crippen LogP contribution in [0.2, 0.25) is 0 Å². The Bertz CT molecular complexity index is 1100. The number of rotatable bonds is 4. The van der Waals surface area contributed by atoms with E-state index in [1.54, 1.807) is 0 Å². The Morgan fingerprint density at radius 2 is 2.00 bits per heavy atom. The standard InChI is InChI=1S/C18H12FN3O6S/c1-28-14-8-10(22(26)27)6-9(15(14)23)7-11-16(24)20-18(29)21(17(11)25)13-5-3-2-4-12(13)19/h2-8,23H,1H3,(H,20,24,29)/b11-7+. The summed E-state index contributed by atoms with van der Waals surface area (Å²) >= 11 is 4.98. The minimum absolute atomic E-state index is 0.186. The fraction of sp³-hybridized carbons (Fsp3) is 0.0556. The molecule has 0 saturated carbocycles. The van der Waals surface area contributed by atoms with Crippen LogP contribution in [0.4, 0.5) is 15.8 Å². The lowest BCUT2D eigenvalue weighted by atomic mass is 10.0. The number of benzene rings is 2. The number of carbonyl (C=O) groups excluding carboxylic acids is 2. The third-order valence-corrected chi connectivity index (χ3v) is 4.30. The molecular formula is C18H12FN3O6S. The van der Waals surface area contributed by atoms with Gasteiger partial charge in [0.1, 0.15) is 11.4 Å². The number of para-hydroxylation sites is 1. The van der Waals surface area contributed by atoms with Crippen LogP contribution in [0.3, 0.4) is 0 Å². The van der Waals surface area contributed by atoms with Crippen molar-refractivity contribution in [2.24, 2.45) is 0 Å². The van der Waals surface area contributed by atoms with Gasteiger partial charge in [0.25, 0.3) is 17.5 Å². The zero-order valence-corrected chi connectivity index (χ0v) is 15.5. The molecule has 1 fully saturated rings. The monoisotopic (exact) mass is 417 g/mol. The summed E-state index contributed by atoms with van der Waals surface area (Å²) in [5.74, 6) is -3.36. The molecular weight excluding hydrogens is 405 g/mol.